The minimum Gasteiger partial charge on any atom is -0.457 e. The molecule has 0 aromatic heterocycles. The second-order valence-corrected chi connectivity index (χ2v) is 6.05. The van der Waals surface area contributed by atoms with E-state index in [2.05, 4.69) is 22.3 Å². The number of nitrogens with zero attached hydrogens (tertiary/aromatic N) is 1. The molecule has 24 heavy (non-hydrogen) atoms. The van der Waals surface area contributed by atoms with Gasteiger partial charge in [0.2, 0.25) is 0 Å². The van der Waals surface area contributed by atoms with Gasteiger partial charge >= 0.3 is 0 Å². The van der Waals surface area contributed by atoms with Crippen LogP contribution in [-0.2, 0) is 11.3 Å². The highest BCUT2D eigenvalue weighted by Gasteiger charge is 2.08. The maximum atomic E-state index is 5.88. The van der Waals surface area contributed by atoms with Crippen LogP contribution in [0.15, 0.2) is 54.6 Å². The molecule has 0 aliphatic carbocycles. The van der Waals surface area contributed by atoms with Crippen LogP contribution in [0.5, 0.6) is 11.5 Å². The van der Waals surface area contributed by atoms with E-state index < -0.39 is 0 Å². The molecule has 0 saturated carbocycles. The molecule has 1 aliphatic rings. The Balaban J connectivity index is 1.38. The fourth-order valence-electron chi connectivity index (χ4n) is 2.83. The predicted octanol–water partition coefficient (Wildman–Crippen LogP) is 3.29. The average molecular weight is 326 g/mol. The van der Waals surface area contributed by atoms with Crippen molar-refractivity contribution in [3.63, 3.8) is 0 Å². The summed E-state index contributed by atoms with van der Waals surface area (Å²) in [7, 11) is 0. The van der Waals surface area contributed by atoms with Crippen LogP contribution < -0.4 is 10.1 Å². The van der Waals surface area contributed by atoms with E-state index in [1.807, 2.05) is 42.5 Å². The topological polar surface area (TPSA) is 33.7 Å². The first kappa shape index (κ1) is 17.0. The van der Waals surface area contributed by atoms with Gasteiger partial charge in [0.1, 0.15) is 11.5 Å². The molecule has 1 aliphatic heterocycles. The van der Waals surface area contributed by atoms with Crippen molar-refractivity contribution in [3.05, 3.63) is 60.2 Å². The van der Waals surface area contributed by atoms with Gasteiger partial charge in [0.05, 0.1) is 13.2 Å². The number of hydrogen-bond acceptors (Lipinski definition) is 4. The summed E-state index contributed by atoms with van der Waals surface area (Å²) >= 11 is 0. The van der Waals surface area contributed by atoms with E-state index in [0.717, 1.165) is 57.4 Å². The van der Waals surface area contributed by atoms with Crippen LogP contribution in [0.1, 0.15) is 12.0 Å². The summed E-state index contributed by atoms with van der Waals surface area (Å²) in [6.07, 6.45) is 1.17. The van der Waals surface area contributed by atoms with Crippen molar-refractivity contribution in [1.82, 2.24) is 10.2 Å². The van der Waals surface area contributed by atoms with Crippen molar-refractivity contribution in [1.29, 1.82) is 0 Å². The standard InChI is InChI=1S/C20H26N2O2/c1-2-7-19(8-3-1)24-20-9-4-6-18(16-20)17-21-10-5-11-22-12-14-23-15-13-22/h1-4,6-9,16,21H,5,10-15,17H2. The quantitative estimate of drug-likeness (QED) is 0.755. The van der Waals surface area contributed by atoms with E-state index in [-0.39, 0.29) is 0 Å². The van der Waals surface area contributed by atoms with Crippen molar-refractivity contribution in [3.8, 4) is 11.5 Å². The van der Waals surface area contributed by atoms with Gasteiger partial charge in [-0.15, -0.1) is 0 Å². The summed E-state index contributed by atoms with van der Waals surface area (Å²) in [5, 5.41) is 3.52. The Morgan fingerprint density at radius 2 is 1.75 bits per heavy atom. The molecule has 0 atom stereocenters. The fraction of sp³-hybridized carbons (Fsp3) is 0.400. The average Bonchev–Trinajstić information content (AvgIpc) is 2.63. The maximum absolute atomic E-state index is 5.88. The van der Waals surface area contributed by atoms with Crippen molar-refractivity contribution < 1.29 is 9.47 Å². The molecule has 0 amide bonds. The van der Waals surface area contributed by atoms with Gasteiger partial charge in [0.15, 0.2) is 0 Å². The molecule has 0 bridgehead atoms. The van der Waals surface area contributed by atoms with Crippen LogP contribution in [0.2, 0.25) is 0 Å². The third-order valence-corrected chi connectivity index (χ3v) is 4.14. The lowest BCUT2D eigenvalue weighted by molar-refractivity contribution is 0.0374. The summed E-state index contributed by atoms with van der Waals surface area (Å²) in [6, 6.07) is 18.2. The summed E-state index contributed by atoms with van der Waals surface area (Å²) in [6.45, 7) is 6.94. The number of rotatable bonds is 8. The molecular weight excluding hydrogens is 300 g/mol. The largest absolute Gasteiger partial charge is 0.457 e. The minimum absolute atomic E-state index is 0.869. The van der Waals surface area contributed by atoms with Crippen molar-refractivity contribution in [2.24, 2.45) is 0 Å². The summed E-state index contributed by atoms with van der Waals surface area (Å²) in [4.78, 5) is 2.47. The number of nitrogens with one attached hydrogen (secondary N) is 1. The molecule has 0 unspecified atom stereocenters. The first-order chi connectivity index (χ1) is 11.9. The molecule has 128 valence electrons. The lowest BCUT2D eigenvalue weighted by Gasteiger charge is -2.26. The zero-order valence-corrected chi connectivity index (χ0v) is 14.1. The van der Waals surface area contributed by atoms with Gasteiger partial charge in [0.25, 0.3) is 0 Å². The van der Waals surface area contributed by atoms with E-state index in [4.69, 9.17) is 9.47 Å². The molecule has 1 saturated heterocycles. The zero-order chi connectivity index (χ0) is 16.5. The van der Waals surface area contributed by atoms with Gasteiger partial charge < -0.3 is 14.8 Å². The smallest absolute Gasteiger partial charge is 0.127 e. The Morgan fingerprint density at radius 1 is 0.958 bits per heavy atom. The van der Waals surface area contributed by atoms with Gasteiger partial charge in [-0.1, -0.05) is 30.3 Å². The first-order valence-electron chi connectivity index (χ1n) is 8.73. The van der Waals surface area contributed by atoms with Crippen LogP contribution in [0.4, 0.5) is 0 Å². The lowest BCUT2D eigenvalue weighted by atomic mass is 10.2. The van der Waals surface area contributed by atoms with Crippen molar-refractivity contribution in [2.75, 3.05) is 39.4 Å². The predicted molar refractivity (Wildman–Crippen MR) is 96.5 cm³/mol. The second-order valence-electron chi connectivity index (χ2n) is 6.05. The Hall–Kier alpha value is -1.88. The van der Waals surface area contributed by atoms with Crippen LogP contribution in [0.3, 0.4) is 0 Å². The molecule has 0 spiro atoms. The minimum atomic E-state index is 0.869. The number of ether oxygens (including phenoxy) is 2. The molecule has 1 heterocycles. The summed E-state index contributed by atoms with van der Waals surface area (Å²) < 4.78 is 11.2. The van der Waals surface area contributed by atoms with Crippen LogP contribution in [-0.4, -0.2) is 44.3 Å². The third kappa shape index (κ3) is 5.64. The van der Waals surface area contributed by atoms with E-state index in [9.17, 15) is 0 Å². The molecule has 3 rings (SSSR count). The van der Waals surface area contributed by atoms with Crippen molar-refractivity contribution >= 4 is 0 Å². The normalized spacial score (nSPS) is 15.3. The fourth-order valence-corrected chi connectivity index (χ4v) is 2.83. The molecule has 1 fully saturated rings. The van der Waals surface area contributed by atoms with E-state index >= 15 is 0 Å². The first-order valence-corrected chi connectivity index (χ1v) is 8.73. The number of hydrogen-bond donors (Lipinski definition) is 1. The monoisotopic (exact) mass is 326 g/mol. The molecule has 2 aromatic rings. The van der Waals surface area contributed by atoms with Gasteiger partial charge in [-0.05, 0) is 49.3 Å². The number of para-hydroxylation sites is 1. The number of benzene rings is 2. The third-order valence-electron chi connectivity index (χ3n) is 4.14. The molecule has 2 aromatic carbocycles. The van der Waals surface area contributed by atoms with Gasteiger partial charge in [0, 0.05) is 19.6 Å². The summed E-state index contributed by atoms with van der Waals surface area (Å²) in [5.41, 5.74) is 1.25. The molecule has 1 N–H and O–H groups in total. The molecule has 4 heteroatoms. The Morgan fingerprint density at radius 3 is 2.58 bits per heavy atom. The van der Waals surface area contributed by atoms with Crippen LogP contribution >= 0.6 is 0 Å². The van der Waals surface area contributed by atoms with Gasteiger partial charge in [-0.25, -0.2) is 0 Å². The Labute approximate surface area is 144 Å². The highest BCUT2D eigenvalue weighted by Crippen LogP contribution is 2.21. The van der Waals surface area contributed by atoms with E-state index in [1.54, 1.807) is 0 Å². The highest BCUT2D eigenvalue weighted by molar-refractivity contribution is 5.33. The van der Waals surface area contributed by atoms with Crippen LogP contribution in [0, 0.1) is 0 Å². The van der Waals surface area contributed by atoms with Crippen LogP contribution in [0.25, 0.3) is 0 Å². The number of morpholine rings is 1. The van der Waals surface area contributed by atoms with Crippen molar-refractivity contribution in [2.45, 2.75) is 13.0 Å². The summed E-state index contributed by atoms with van der Waals surface area (Å²) in [5.74, 6) is 1.75. The second kappa shape index (κ2) is 9.42. The Bertz CT molecular complexity index is 598. The SMILES string of the molecule is c1ccc(Oc2cccc(CNCCCN3CCOCC3)c2)cc1. The van der Waals surface area contributed by atoms with Gasteiger partial charge in [-0.3, -0.25) is 4.90 Å². The van der Waals surface area contributed by atoms with E-state index in [0.29, 0.717) is 0 Å². The highest BCUT2D eigenvalue weighted by atomic mass is 16.5. The maximum Gasteiger partial charge on any atom is 0.127 e. The Kier molecular flexibility index (Phi) is 6.66. The molecule has 0 radical (unpaired) electrons. The van der Waals surface area contributed by atoms with E-state index in [1.165, 1.54) is 12.0 Å². The molecular formula is C20H26N2O2. The van der Waals surface area contributed by atoms with Gasteiger partial charge in [-0.2, -0.15) is 0 Å². The zero-order valence-electron chi connectivity index (χ0n) is 14.1. The molecule has 4 nitrogen and oxygen atoms in total. The lowest BCUT2D eigenvalue weighted by Crippen LogP contribution is -2.37.